The molecule has 1 unspecified atom stereocenters. The van der Waals surface area contributed by atoms with Crippen molar-refractivity contribution < 1.29 is 14.0 Å². The first-order valence-corrected chi connectivity index (χ1v) is 8.84. The number of carbonyl (C=O) groups is 2. The fraction of sp³-hybridized carbons (Fsp3) is 0.300. The van der Waals surface area contributed by atoms with Crippen molar-refractivity contribution in [2.75, 3.05) is 0 Å². The molecule has 1 N–H and O–H groups in total. The van der Waals surface area contributed by atoms with E-state index < -0.39 is 6.04 Å². The molecule has 0 aromatic heterocycles. The molecule has 0 fully saturated rings. The van der Waals surface area contributed by atoms with E-state index in [0.29, 0.717) is 11.6 Å². The first kappa shape index (κ1) is 19.9. The van der Waals surface area contributed by atoms with Crippen molar-refractivity contribution in [2.24, 2.45) is 0 Å². The summed E-state index contributed by atoms with van der Waals surface area (Å²) in [6.45, 7) is 4.04. The Morgan fingerprint density at radius 3 is 2.23 bits per heavy atom. The quantitative estimate of drug-likeness (QED) is 0.796. The van der Waals surface area contributed by atoms with Crippen LogP contribution in [0.4, 0.5) is 4.39 Å². The zero-order valence-corrected chi connectivity index (χ0v) is 15.6. The van der Waals surface area contributed by atoms with Crippen LogP contribution in [0.2, 0.25) is 5.02 Å². The summed E-state index contributed by atoms with van der Waals surface area (Å²) in [5, 5.41) is 3.47. The van der Waals surface area contributed by atoms with Gasteiger partial charge in [-0.25, -0.2) is 4.39 Å². The number of rotatable bonds is 7. The molecule has 1 atom stereocenters. The summed E-state index contributed by atoms with van der Waals surface area (Å²) < 4.78 is 13.1. The van der Waals surface area contributed by atoms with Gasteiger partial charge in [-0.2, -0.15) is 0 Å². The van der Waals surface area contributed by atoms with E-state index >= 15 is 0 Å². The summed E-state index contributed by atoms with van der Waals surface area (Å²) in [4.78, 5) is 26.3. The van der Waals surface area contributed by atoms with Gasteiger partial charge in [0.15, 0.2) is 0 Å². The first-order chi connectivity index (χ1) is 12.4. The minimum atomic E-state index is -0.639. The van der Waals surface area contributed by atoms with Crippen LogP contribution < -0.4 is 5.32 Å². The van der Waals surface area contributed by atoms with Gasteiger partial charge in [0.2, 0.25) is 11.8 Å². The predicted molar refractivity (Wildman–Crippen MR) is 100 cm³/mol. The lowest BCUT2D eigenvalue weighted by Crippen LogP contribution is -2.47. The van der Waals surface area contributed by atoms with Crippen LogP contribution in [0.3, 0.4) is 0 Å². The van der Waals surface area contributed by atoms with Crippen LogP contribution in [-0.4, -0.2) is 22.8 Å². The maximum Gasteiger partial charge on any atom is 0.242 e. The van der Waals surface area contributed by atoms with E-state index in [4.69, 9.17) is 11.6 Å². The summed E-state index contributed by atoms with van der Waals surface area (Å²) >= 11 is 5.85. The molecular formula is C20H22ClFN2O2. The van der Waals surface area contributed by atoms with Gasteiger partial charge in [-0.15, -0.1) is 0 Å². The van der Waals surface area contributed by atoms with Gasteiger partial charge in [-0.05, 0) is 42.3 Å². The fourth-order valence-electron chi connectivity index (χ4n) is 2.51. The van der Waals surface area contributed by atoms with Crippen LogP contribution in [-0.2, 0) is 22.7 Å². The molecule has 26 heavy (non-hydrogen) atoms. The van der Waals surface area contributed by atoms with E-state index in [2.05, 4.69) is 5.32 Å². The lowest BCUT2D eigenvalue weighted by Gasteiger charge is -2.28. The van der Waals surface area contributed by atoms with Crippen molar-refractivity contribution in [1.29, 1.82) is 0 Å². The molecule has 0 saturated heterocycles. The number of hydrogen-bond donors (Lipinski definition) is 1. The molecule has 0 aliphatic heterocycles. The normalized spacial score (nSPS) is 11.7. The average Bonchev–Trinajstić information content (AvgIpc) is 2.65. The second kappa shape index (κ2) is 9.34. The van der Waals surface area contributed by atoms with E-state index in [1.807, 2.05) is 12.1 Å². The van der Waals surface area contributed by atoms with Gasteiger partial charge < -0.3 is 10.2 Å². The number of halogens is 2. The monoisotopic (exact) mass is 376 g/mol. The molecule has 2 aromatic rings. The Labute approximate surface area is 158 Å². The van der Waals surface area contributed by atoms with Crippen LogP contribution >= 0.6 is 11.6 Å². The van der Waals surface area contributed by atoms with Crippen LogP contribution in [0.25, 0.3) is 0 Å². The van der Waals surface area contributed by atoms with Gasteiger partial charge >= 0.3 is 0 Å². The van der Waals surface area contributed by atoms with Crippen LogP contribution in [0, 0.1) is 5.82 Å². The Morgan fingerprint density at radius 2 is 1.65 bits per heavy atom. The summed E-state index contributed by atoms with van der Waals surface area (Å²) in [5.41, 5.74) is 1.69. The summed E-state index contributed by atoms with van der Waals surface area (Å²) in [5.74, 6) is -0.719. The zero-order chi connectivity index (χ0) is 19.1. The number of nitrogens with zero attached hydrogens (tertiary/aromatic N) is 1. The molecule has 2 rings (SSSR count). The lowest BCUT2D eigenvalue weighted by molar-refractivity contribution is -0.140. The van der Waals surface area contributed by atoms with Gasteiger partial charge in [0.1, 0.15) is 11.9 Å². The maximum atomic E-state index is 13.1. The molecule has 4 nitrogen and oxygen atoms in total. The SMILES string of the molecule is CCC(=O)N(Cc1ccc(F)cc1)C(C)C(=O)NCc1ccc(Cl)cc1. The maximum absolute atomic E-state index is 13.1. The van der Waals surface area contributed by atoms with Gasteiger partial charge in [0.25, 0.3) is 0 Å². The van der Waals surface area contributed by atoms with Crippen molar-refractivity contribution in [1.82, 2.24) is 10.2 Å². The zero-order valence-electron chi connectivity index (χ0n) is 14.8. The van der Waals surface area contributed by atoms with Crippen molar-refractivity contribution >= 4 is 23.4 Å². The van der Waals surface area contributed by atoms with E-state index in [1.165, 1.54) is 17.0 Å². The largest absolute Gasteiger partial charge is 0.350 e. The third-order valence-electron chi connectivity index (χ3n) is 4.12. The Morgan fingerprint density at radius 1 is 1.08 bits per heavy atom. The number of carbonyl (C=O) groups excluding carboxylic acids is 2. The molecule has 0 aliphatic carbocycles. The highest BCUT2D eigenvalue weighted by Crippen LogP contribution is 2.13. The fourth-order valence-corrected chi connectivity index (χ4v) is 2.64. The minimum absolute atomic E-state index is 0.136. The molecule has 2 amide bonds. The number of hydrogen-bond acceptors (Lipinski definition) is 2. The molecular weight excluding hydrogens is 355 g/mol. The van der Waals surface area contributed by atoms with Crippen LogP contribution in [0.1, 0.15) is 31.4 Å². The highest BCUT2D eigenvalue weighted by atomic mass is 35.5. The molecule has 0 bridgehead atoms. The molecule has 0 aliphatic rings. The lowest BCUT2D eigenvalue weighted by atomic mass is 10.1. The molecule has 138 valence electrons. The average molecular weight is 377 g/mol. The predicted octanol–water partition coefficient (Wildman–Crippen LogP) is 3.92. The van der Waals surface area contributed by atoms with Crippen molar-refractivity contribution in [3.63, 3.8) is 0 Å². The summed E-state index contributed by atoms with van der Waals surface area (Å²) in [7, 11) is 0. The smallest absolute Gasteiger partial charge is 0.242 e. The molecule has 2 aromatic carbocycles. The van der Waals surface area contributed by atoms with Gasteiger partial charge in [-0.3, -0.25) is 9.59 Å². The Kier molecular flexibility index (Phi) is 7.16. The first-order valence-electron chi connectivity index (χ1n) is 8.46. The Balaban J connectivity index is 2.03. The molecule has 0 spiro atoms. The van der Waals surface area contributed by atoms with Gasteiger partial charge in [-0.1, -0.05) is 42.8 Å². The number of amides is 2. The number of nitrogens with one attached hydrogen (secondary N) is 1. The van der Waals surface area contributed by atoms with Gasteiger partial charge in [0.05, 0.1) is 0 Å². The van der Waals surface area contributed by atoms with E-state index in [1.54, 1.807) is 38.1 Å². The van der Waals surface area contributed by atoms with Crippen LogP contribution in [0.15, 0.2) is 48.5 Å². The highest BCUT2D eigenvalue weighted by molar-refractivity contribution is 6.30. The molecule has 0 radical (unpaired) electrons. The standard InChI is InChI=1S/C20H22ClFN2O2/c1-3-19(25)24(13-16-6-10-18(22)11-7-16)14(2)20(26)23-12-15-4-8-17(21)9-5-15/h4-11,14H,3,12-13H2,1-2H3,(H,23,26). The van der Waals surface area contributed by atoms with Crippen LogP contribution in [0.5, 0.6) is 0 Å². The van der Waals surface area contributed by atoms with E-state index in [9.17, 15) is 14.0 Å². The third-order valence-corrected chi connectivity index (χ3v) is 4.37. The topological polar surface area (TPSA) is 49.4 Å². The van der Waals surface area contributed by atoms with Crippen molar-refractivity contribution in [2.45, 2.75) is 39.4 Å². The van der Waals surface area contributed by atoms with Crippen molar-refractivity contribution in [3.05, 3.63) is 70.5 Å². The second-order valence-corrected chi connectivity index (χ2v) is 6.46. The minimum Gasteiger partial charge on any atom is -0.350 e. The van der Waals surface area contributed by atoms with E-state index in [0.717, 1.165) is 11.1 Å². The second-order valence-electron chi connectivity index (χ2n) is 6.02. The Hall–Kier alpha value is -2.40. The Bertz CT molecular complexity index is 747. The molecule has 6 heteroatoms. The summed E-state index contributed by atoms with van der Waals surface area (Å²) in [6, 6.07) is 12.5. The summed E-state index contributed by atoms with van der Waals surface area (Å²) in [6.07, 6.45) is 0.288. The molecule has 0 saturated carbocycles. The van der Waals surface area contributed by atoms with Crippen molar-refractivity contribution in [3.8, 4) is 0 Å². The molecule has 0 heterocycles. The highest BCUT2D eigenvalue weighted by Gasteiger charge is 2.24. The van der Waals surface area contributed by atoms with Gasteiger partial charge in [0, 0.05) is 24.5 Å². The number of benzene rings is 2. The van der Waals surface area contributed by atoms with E-state index in [-0.39, 0.29) is 30.6 Å². The third kappa shape index (κ3) is 5.56.